The first-order valence-corrected chi connectivity index (χ1v) is 7.86. The van der Waals surface area contributed by atoms with Crippen LogP contribution in [0.5, 0.6) is 17.2 Å². The van der Waals surface area contributed by atoms with E-state index in [1.807, 2.05) is 0 Å². The van der Waals surface area contributed by atoms with Gasteiger partial charge in [0.25, 0.3) is 5.91 Å². The van der Waals surface area contributed by atoms with Gasteiger partial charge in [0.1, 0.15) is 23.9 Å². The van der Waals surface area contributed by atoms with E-state index in [1.165, 1.54) is 37.6 Å². The smallest absolute Gasteiger partial charge is 0.411 e. The van der Waals surface area contributed by atoms with E-state index in [0.717, 1.165) is 6.07 Å². The van der Waals surface area contributed by atoms with Crippen molar-refractivity contribution in [1.82, 2.24) is 5.43 Å². The summed E-state index contributed by atoms with van der Waals surface area (Å²) in [6.07, 6.45) is -3.17. The van der Waals surface area contributed by atoms with Crippen molar-refractivity contribution in [3.05, 3.63) is 53.1 Å². The monoisotopic (exact) mass is 398 g/mol. The van der Waals surface area contributed by atoms with Gasteiger partial charge in [0.15, 0.2) is 0 Å². The Morgan fingerprint density at radius 2 is 1.96 bits per heavy atom. The third-order valence-corrected chi connectivity index (χ3v) is 3.43. The van der Waals surface area contributed by atoms with Crippen molar-refractivity contribution >= 4 is 12.1 Å². The normalized spacial score (nSPS) is 11.6. The van der Waals surface area contributed by atoms with Crippen molar-refractivity contribution in [2.45, 2.75) is 12.8 Å². The third kappa shape index (κ3) is 6.16. The van der Waals surface area contributed by atoms with Crippen molar-refractivity contribution in [3.8, 4) is 17.2 Å². The fourth-order valence-electron chi connectivity index (χ4n) is 2.21. The van der Waals surface area contributed by atoms with E-state index in [9.17, 15) is 28.2 Å². The van der Waals surface area contributed by atoms with E-state index in [2.05, 4.69) is 15.3 Å². The number of phenols is 2. The van der Waals surface area contributed by atoms with Crippen LogP contribution in [0, 0.1) is 0 Å². The number of rotatable bonds is 7. The average molecular weight is 398 g/mol. The highest BCUT2D eigenvalue weighted by atomic mass is 19.4. The minimum Gasteiger partial charge on any atom is -0.508 e. The van der Waals surface area contributed by atoms with Gasteiger partial charge in [-0.25, -0.2) is 5.43 Å². The number of ether oxygens (including phenoxy) is 2. The number of hydrazone groups is 1. The largest absolute Gasteiger partial charge is 0.508 e. The van der Waals surface area contributed by atoms with Crippen LogP contribution in [0.3, 0.4) is 0 Å². The second-order valence-corrected chi connectivity index (χ2v) is 5.58. The number of methoxy groups -OCH3 is 1. The standard InChI is InChI=1S/C18H17F3N2O5/c1-27-16-5-2-11(6-12(16)9-28-10-18(19,20)21)8-22-23-17(26)14-4-3-13(24)7-15(14)25/h2-8,24-25H,9-10H2,1H3,(H,23,26). The predicted octanol–water partition coefficient (Wildman–Crippen LogP) is 2.95. The molecule has 0 unspecified atom stereocenters. The second-order valence-electron chi connectivity index (χ2n) is 5.58. The summed E-state index contributed by atoms with van der Waals surface area (Å²) in [4.78, 5) is 12.0. The number of hydrogen-bond donors (Lipinski definition) is 3. The molecule has 2 aromatic carbocycles. The Bertz CT molecular complexity index is 869. The van der Waals surface area contributed by atoms with Gasteiger partial charge in [0.2, 0.25) is 0 Å². The van der Waals surface area contributed by atoms with Gasteiger partial charge in [-0.15, -0.1) is 0 Å². The van der Waals surface area contributed by atoms with Crippen LogP contribution in [0.25, 0.3) is 0 Å². The average Bonchev–Trinajstić information content (AvgIpc) is 2.60. The number of alkyl halides is 3. The number of benzene rings is 2. The Morgan fingerprint density at radius 3 is 2.61 bits per heavy atom. The highest BCUT2D eigenvalue weighted by Crippen LogP contribution is 2.23. The number of nitrogens with zero attached hydrogens (tertiary/aromatic N) is 1. The molecule has 0 aromatic heterocycles. The highest BCUT2D eigenvalue weighted by Gasteiger charge is 2.27. The van der Waals surface area contributed by atoms with Crippen molar-refractivity contribution in [1.29, 1.82) is 0 Å². The minimum atomic E-state index is -4.43. The van der Waals surface area contributed by atoms with Crippen LogP contribution in [-0.4, -0.2) is 42.2 Å². The van der Waals surface area contributed by atoms with Crippen LogP contribution in [0.4, 0.5) is 13.2 Å². The topological polar surface area (TPSA) is 100 Å². The number of nitrogens with one attached hydrogen (secondary N) is 1. The molecule has 7 nitrogen and oxygen atoms in total. The lowest BCUT2D eigenvalue weighted by Gasteiger charge is -2.11. The Kier molecular flexibility index (Phi) is 6.83. The maximum Gasteiger partial charge on any atom is 0.411 e. The molecule has 0 aliphatic heterocycles. The van der Waals surface area contributed by atoms with Gasteiger partial charge in [-0.2, -0.15) is 18.3 Å². The number of hydrogen-bond acceptors (Lipinski definition) is 6. The third-order valence-electron chi connectivity index (χ3n) is 3.43. The molecular weight excluding hydrogens is 381 g/mol. The maximum atomic E-state index is 12.2. The lowest BCUT2D eigenvalue weighted by molar-refractivity contribution is -0.176. The number of carbonyl (C=O) groups is 1. The van der Waals surface area contributed by atoms with Crippen molar-refractivity contribution < 1.29 is 37.7 Å². The Balaban J connectivity index is 2.04. The van der Waals surface area contributed by atoms with E-state index in [1.54, 1.807) is 6.07 Å². The molecule has 0 fully saturated rings. The van der Waals surface area contributed by atoms with Crippen LogP contribution in [0.2, 0.25) is 0 Å². The zero-order valence-electron chi connectivity index (χ0n) is 14.7. The molecule has 0 radical (unpaired) electrons. The molecule has 0 saturated carbocycles. The van der Waals surface area contributed by atoms with Gasteiger partial charge in [0.05, 0.1) is 25.5 Å². The molecule has 0 bridgehead atoms. The fourth-order valence-corrected chi connectivity index (χ4v) is 2.21. The number of amides is 1. The van der Waals surface area contributed by atoms with Crippen LogP contribution in [0.15, 0.2) is 41.5 Å². The molecule has 2 rings (SSSR count). The number of phenolic OH excluding ortho intramolecular Hbond substituents is 2. The molecule has 150 valence electrons. The number of aromatic hydroxyl groups is 2. The number of carbonyl (C=O) groups excluding carboxylic acids is 1. The van der Waals surface area contributed by atoms with Crippen LogP contribution >= 0.6 is 0 Å². The summed E-state index contributed by atoms with van der Waals surface area (Å²) in [7, 11) is 1.38. The van der Waals surface area contributed by atoms with E-state index < -0.39 is 24.4 Å². The van der Waals surface area contributed by atoms with Crippen molar-refractivity contribution in [3.63, 3.8) is 0 Å². The van der Waals surface area contributed by atoms with Gasteiger partial charge >= 0.3 is 6.18 Å². The first-order valence-electron chi connectivity index (χ1n) is 7.86. The molecule has 0 heterocycles. The summed E-state index contributed by atoms with van der Waals surface area (Å²) in [5, 5.41) is 22.6. The summed E-state index contributed by atoms with van der Waals surface area (Å²) in [6.45, 7) is -1.71. The molecule has 0 saturated heterocycles. The van der Waals surface area contributed by atoms with E-state index in [0.29, 0.717) is 16.9 Å². The zero-order chi connectivity index (χ0) is 20.7. The SMILES string of the molecule is COc1ccc(C=NNC(=O)c2ccc(O)cc2O)cc1COCC(F)(F)F. The quantitative estimate of drug-likeness (QED) is 0.492. The molecule has 28 heavy (non-hydrogen) atoms. The molecule has 0 aliphatic rings. The van der Waals surface area contributed by atoms with E-state index in [-0.39, 0.29) is 17.9 Å². The predicted molar refractivity (Wildman–Crippen MR) is 93.5 cm³/mol. The molecule has 1 amide bonds. The highest BCUT2D eigenvalue weighted by molar-refractivity contribution is 5.97. The number of halogens is 3. The second kappa shape index (κ2) is 9.09. The Labute approximate surface area is 158 Å². The minimum absolute atomic E-state index is 0.0917. The summed E-state index contributed by atoms with van der Waals surface area (Å²) in [6, 6.07) is 8.08. The summed E-state index contributed by atoms with van der Waals surface area (Å²) >= 11 is 0. The fraction of sp³-hybridized carbons (Fsp3) is 0.222. The molecule has 0 spiro atoms. The van der Waals surface area contributed by atoms with Gasteiger partial charge in [-0.05, 0) is 35.9 Å². The lowest BCUT2D eigenvalue weighted by atomic mass is 10.1. The molecule has 0 aliphatic carbocycles. The summed E-state index contributed by atoms with van der Waals surface area (Å²) in [5.74, 6) is -0.981. The van der Waals surface area contributed by atoms with Gasteiger partial charge in [0, 0.05) is 11.6 Å². The Morgan fingerprint density at radius 1 is 1.21 bits per heavy atom. The van der Waals surface area contributed by atoms with E-state index in [4.69, 9.17) is 4.74 Å². The van der Waals surface area contributed by atoms with Gasteiger partial charge < -0.3 is 19.7 Å². The lowest BCUT2D eigenvalue weighted by Crippen LogP contribution is -2.17. The van der Waals surface area contributed by atoms with E-state index >= 15 is 0 Å². The van der Waals surface area contributed by atoms with Gasteiger partial charge in [-0.1, -0.05) is 0 Å². The summed E-state index contributed by atoms with van der Waals surface area (Å²) in [5.41, 5.74) is 2.95. The van der Waals surface area contributed by atoms with Crippen LogP contribution < -0.4 is 10.2 Å². The molecule has 3 N–H and O–H groups in total. The molecule has 0 atom stereocenters. The molecule has 2 aromatic rings. The van der Waals surface area contributed by atoms with Crippen molar-refractivity contribution in [2.75, 3.05) is 13.7 Å². The summed E-state index contributed by atoms with van der Waals surface area (Å²) < 4.78 is 46.3. The maximum absolute atomic E-state index is 12.2. The van der Waals surface area contributed by atoms with Crippen LogP contribution in [0.1, 0.15) is 21.5 Å². The Hall–Kier alpha value is -3.27. The van der Waals surface area contributed by atoms with Crippen LogP contribution in [-0.2, 0) is 11.3 Å². The first kappa shape index (κ1) is 21.0. The van der Waals surface area contributed by atoms with Crippen molar-refractivity contribution in [2.24, 2.45) is 5.10 Å². The molecular formula is C18H17F3N2O5. The molecule has 10 heteroatoms. The first-order chi connectivity index (χ1) is 13.2. The van der Waals surface area contributed by atoms with Gasteiger partial charge in [-0.3, -0.25) is 4.79 Å². The zero-order valence-corrected chi connectivity index (χ0v) is 14.7.